The maximum absolute atomic E-state index is 11.5. The molecule has 2 amide bonds. The second-order valence-electron chi connectivity index (χ2n) is 5.03. The SMILES string of the molecule is Cc1cccc(OCCC(=O)NCC(=O)NC2CC2)c1. The van der Waals surface area contributed by atoms with Gasteiger partial charge >= 0.3 is 0 Å². The first kappa shape index (κ1) is 14.4. The van der Waals surface area contributed by atoms with Gasteiger partial charge in [-0.1, -0.05) is 12.1 Å². The van der Waals surface area contributed by atoms with Crippen molar-refractivity contribution in [3.8, 4) is 5.75 Å². The van der Waals surface area contributed by atoms with Crippen molar-refractivity contribution in [1.29, 1.82) is 0 Å². The average Bonchev–Trinajstić information content (AvgIpc) is 3.20. The fourth-order valence-electron chi connectivity index (χ4n) is 1.74. The van der Waals surface area contributed by atoms with Gasteiger partial charge < -0.3 is 15.4 Å². The lowest BCUT2D eigenvalue weighted by Crippen LogP contribution is -2.38. The minimum atomic E-state index is -0.177. The zero-order chi connectivity index (χ0) is 14.4. The molecule has 0 saturated heterocycles. The number of carbonyl (C=O) groups is 2. The molecule has 0 radical (unpaired) electrons. The summed E-state index contributed by atoms with van der Waals surface area (Å²) in [6.45, 7) is 2.33. The van der Waals surface area contributed by atoms with Gasteiger partial charge in [0.25, 0.3) is 0 Å². The molecule has 1 aromatic carbocycles. The molecule has 0 atom stereocenters. The van der Waals surface area contributed by atoms with Gasteiger partial charge in [0.2, 0.25) is 11.8 Å². The van der Waals surface area contributed by atoms with Crippen molar-refractivity contribution >= 4 is 11.8 Å². The first-order valence-electron chi connectivity index (χ1n) is 6.89. The molecular weight excluding hydrogens is 256 g/mol. The second-order valence-corrected chi connectivity index (χ2v) is 5.03. The van der Waals surface area contributed by atoms with Crippen molar-refractivity contribution in [3.63, 3.8) is 0 Å². The van der Waals surface area contributed by atoms with Crippen molar-refractivity contribution < 1.29 is 14.3 Å². The van der Waals surface area contributed by atoms with Gasteiger partial charge in [0.1, 0.15) is 5.75 Å². The lowest BCUT2D eigenvalue weighted by molar-refractivity contribution is -0.126. The van der Waals surface area contributed by atoms with Crippen LogP contribution >= 0.6 is 0 Å². The summed E-state index contributed by atoms with van der Waals surface area (Å²) in [5.41, 5.74) is 1.11. The van der Waals surface area contributed by atoms with Gasteiger partial charge in [0.05, 0.1) is 19.6 Å². The highest BCUT2D eigenvalue weighted by Crippen LogP contribution is 2.18. The fraction of sp³-hybridized carbons (Fsp3) is 0.467. The largest absolute Gasteiger partial charge is 0.493 e. The summed E-state index contributed by atoms with van der Waals surface area (Å²) in [6.07, 6.45) is 2.33. The molecule has 0 aromatic heterocycles. The highest BCUT2D eigenvalue weighted by atomic mass is 16.5. The summed E-state index contributed by atoms with van der Waals surface area (Å²) < 4.78 is 5.48. The monoisotopic (exact) mass is 276 g/mol. The zero-order valence-electron chi connectivity index (χ0n) is 11.6. The van der Waals surface area contributed by atoms with Crippen LogP contribution in [0.4, 0.5) is 0 Å². The highest BCUT2D eigenvalue weighted by molar-refractivity contribution is 5.84. The molecule has 2 rings (SSSR count). The smallest absolute Gasteiger partial charge is 0.239 e. The maximum atomic E-state index is 11.5. The van der Waals surface area contributed by atoms with E-state index in [2.05, 4.69) is 10.6 Å². The molecule has 1 fully saturated rings. The Balaban J connectivity index is 1.58. The van der Waals surface area contributed by atoms with Gasteiger partial charge in [-0.05, 0) is 37.5 Å². The molecular formula is C15H20N2O3. The fourth-order valence-corrected chi connectivity index (χ4v) is 1.74. The molecule has 1 aliphatic carbocycles. The first-order valence-corrected chi connectivity index (χ1v) is 6.89. The normalized spacial score (nSPS) is 13.7. The molecule has 5 nitrogen and oxygen atoms in total. The summed E-state index contributed by atoms with van der Waals surface area (Å²) >= 11 is 0. The van der Waals surface area contributed by atoms with Crippen LogP contribution in [0.15, 0.2) is 24.3 Å². The topological polar surface area (TPSA) is 67.4 Å². The number of hydrogen-bond acceptors (Lipinski definition) is 3. The van der Waals surface area contributed by atoms with Crippen LogP contribution in [0.3, 0.4) is 0 Å². The van der Waals surface area contributed by atoms with E-state index in [1.54, 1.807) is 0 Å². The van der Waals surface area contributed by atoms with E-state index >= 15 is 0 Å². The Labute approximate surface area is 118 Å². The van der Waals surface area contributed by atoms with Gasteiger partial charge in [0, 0.05) is 6.04 Å². The maximum Gasteiger partial charge on any atom is 0.239 e. The number of rotatable bonds is 7. The summed E-state index contributed by atoms with van der Waals surface area (Å²) in [5.74, 6) is 0.452. The number of benzene rings is 1. The molecule has 0 aliphatic heterocycles. The number of aryl methyl sites for hydroxylation is 1. The number of ether oxygens (including phenoxy) is 1. The van der Waals surface area contributed by atoms with Crippen LogP contribution in [-0.4, -0.2) is 31.0 Å². The summed E-state index contributed by atoms with van der Waals surface area (Å²) in [5, 5.41) is 5.39. The summed E-state index contributed by atoms with van der Waals surface area (Å²) in [7, 11) is 0. The van der Waals surface area contributed by atoms with E-state index in [-0.39, 0.29) is 24.8 Å². The molecule has 0 spiro atoms. The second kappa shape index (κ2) is 6.93. The van der Waals surface area contributed by atoms with Gasteiger partial charge in [-0.3, -0.25) is 9.59 Å². The third-order valence-corrected chi connectivity index (χ3v) is 2.98. The predicted octanol–water partition coefficient (Wildman–Crippen LogP) is 1.16. The molecule has 1 aliphatic rings. The molecule has 0 bridgehead atoms. The van der Waals surface area contributed by atoms with Crippen LogP contribution in [0.5, 0.6) is 5.75 Å². The van der Waals surface area contributed by atoms with Crippen LogP contribution in [-0.2, 0) is 9.59 Å². The third kappa shape index (κ3) is 5.30. The van der Waals surface area contributed by atoms with Gasteiger partial charge in [-0.25, -0.2) is 0 Å². The number of amides is 2. The van der Waals surface area contributed by atoms with E-state index in [1.807, 2.05) is 31.2 Å². The van der Waals surface area contributed by atoms with Crippen molar-refractivity contribution in [2.45, 2.75) is 32.2 Å². The number of carbonyl (C=O) groups excluding carboxylic acids is 2. The lowest BCUT2D eigenvalue weighted by Gasteiger charge is -2.08. The zero-order valence-corrected chi connectivity index (χ0v) is 11.6. The molecule has 1 aromatic rings. The Morgan fingerprint density at radius 1 is 1.30 bits per heavy atom. The molecule has 0 heterocycles. The van der Waals surface area contributed by atoms with E-state index in [9.17, 15) is 9.59 Å². The Morgan fingerprint density at radius 3 is 2.80 bits per heavy atom. The van der Waals surface area contributed by atoms with E-state index in [1.165, 1.54) is 0 Å². The van der Waals surface area contributed by atoms with Crippen molar-refractivity contribution in [1.82, 2.24) is 10.6 Å². The Hall–Kier alpha value is -2.04. The third-order valence-electron chi connectivity index (χ3n) is 2.98. The molecule has 5 heteroatoms. The Bertz CT molecular complexity index is 484. The minimum absolute atomic E-state index is 0.0414. The quantitative estimate of drug-likeness (QED) is 0.785. The van der Waals surface area contributed by atoms with Crippen LogP contribution in [0.2, 0.25) is 0 Å². The highest BCUT2D eigenvalue weighted by Gasteiger charge is 2.23. The minimum Gasteiger partial charge on any atom is -0.493 e. The van der Waals surface area contributed by atoms with Gasteiger partial charge in [0.15, 0.2) is 0 Å². The van der Waals surface area contributed by atoms with Crippen LogP contribution in [0.1, 0.15) is 24.8 Å². The predicted molar refractivity (Wildman–Crippen MR) is 75.5 cm³/mol. The Kier molecular flexibility index (Phi) is 4.98. The van der Waals surface area contributed by atoms with Gasteiger partial charge in [-0.2, -0.15) is 0 Å². The molecule has 2 N–H and O–H groups in total. The van der Waals surface area contributed by atoms with Crippen molar-refractivity contribution in [2.24, 2.45) is 0 Å². The van der Waals surface area contributed by atoms with E-state index < -0.39 is 0 Å². The molecule has 1 saturated carbocycles. The summed E-state index contributed by atoms with van der Waals surface area (Å²) in [6, 6.07) is 7.99. The average molecular weight is 276 g/mol. The van der Waals surface area contributed by atoms with Gasteiger partial charge in [-0.15, -0.1) is 0 Å². The van der Waals surface area contributed by atoms with E-state index in [0.717, 1.165) is 24.2 Å². The number of nitrogens with one attached hydrogen (secondary N) is 2. The Morgan fingerprint density at radius 2 is 2.10 bits per heavy atom. The van der Waals surface area contributed by atoms with Crippen LogP contribution in [0, 0.1) is 6.92 Å². The van der Waals surface area contributed by atoms with Crippen LogP contribution in [0.25, 0.3) is 0 Å². The number of hydrogen-bond donors (Lipinski definition) is 2. The first-order chi connectivity index (χ1) is 9.63. The van der Waals surface area contributed by atoms with Crippen molar-refractivity contribution in [3.05, 3.63) is 29.8 Å². The van der Waals surface area contributed by atoms with Crippen molar-refractivity contribution in [2.75, 3.05) is 13.2 Å². The molecule has 0 unspecified atom stereocenters. The van der Waals surface area contributed by atoms with Crippen LogP contribution < -0.4 is 15.4 Å². The molecule has 108 valence electrons. The van der Waals surface area contributed by atoms with E-state index in [0.29, 0.717) is 12.6 Å². The molecule has 20 heavy (non-hydrogen) atoms. The lowest BCUT2D eigenvalue weighted by atomic mass is 10.2. The standard InChI is InChI=1S/C15H20N2O3/c1-11-3-2-4-13(9-11)20-8-7-14(18)16-10-15(19)17-12-5-6-12/h2-4,9,12H,5-8,10H2,1H3,(H,16,18)(H,17,19). The summed E-state index contributed by atoms with van der Waals surface area (Å²) in [4.78, 5) is 22.9. The van der Waals surface area contributed by atoms with E-state index in [4.69, 9.17) is 4.74 Å².